The highest BCUT2D eigenvalue weighted by Gasteiger charge is 2.48. The van der Waals surface area contributed by atoms with E-state index in [1.807, 2.05) is 38.1 Å². The zero-order valence-electron chi connectivity index (χ0n) is 25.8. The Labute approximate surface area is 266 Å². The normalized spacial score (nSPS) is 18.7. The highest BCUT2D eigenvalue weighted by molar-refractivity contribution is 7.22. The van der Waals surface area contributed by atoms with Gasteiger partial charge in [0.15, 0.2) is 16.6 Å². The van der Waals surface area contributed by atoms with Crippen LogP contribution in [0.4, 0.5) is 5.13 Å². The minimum Gasteiger partial charge on any atom is -0.507 e. The van der Waals surface area contributed by atoms with Crippen LogP contribution in [0.3, 0.4) is 0 Å². The van der Waals surface area contributed by atoms with E-state index < -0.39 is 17.7 Å². The Bertz CT molecular complexity index is 1800. The number of nitrogens with zero attached hydrogens (tertiary/aromatic N) is 2. The van der Waals surface area contributed by atoms with Gasteiger partial charge in [0.25, 0.3) is 5.78 Å². The molecule has 0 radical (unpaired) electrons. The first kappa shape index (κ1) is 30.5. The van der Waals surface area contributed by atoms with Crippen molar-refractivity contribution in [3.8, 4) is 23.0 Å². The molecular weight excluding hydrogens is 592 g/mol. The number of aromatic nitrogens is 1. The molecule has 234 valence electrons. The van der Waals surface area contributed by atoms with Crippen molar-refractivity contribution >= 4 is 44.1 Å². The third kappa shape index (κ3) is 5.82. The van der Waals surface area contributed by atoms with Gasteiger partial charge in [-0.2, -0.15) is 0 Å². The first-order chi connectivity index (χ1) is 21.8. The van der Waals surface area contributed by atoms with E-state index in [2.05, 4.69) is 6.92 Å². The number of carbonyl (C=O) groups is 2. The smallest absolute Gasteiger partial charge is 0.301 e. The van der Waals surface area contributed by atoms with Crippen LogP contribution in [0, 0.1) is 0 Å². The van der Waals surface area contributed by atoms with E-state index in [1.165, 1.54) is 16.2 Å². The number of anilines is 1. The lowest BCUT2D eigenvalue weighted by Crippen LogP contribution is -2.29. The molecule has 1 saturated heterocycles. The van der Waals surface area contributed by atoms with Gasteiger partial charge in [-0.1, -0.05) is 37.2 Å². The van der Waals surface area contributed by atoms with Crippen molar-refractivity contribution in [2.75, 3.05) is 25.2 Å². The SMILES string of the molecule is CCCCCOc1ccc([C@H]2/C(=C(\O)c3ccc4c(c3)C[C@H](C)O4)C(=O)C(=O)N2c2nc3ccc(OC)cc3s2)cc1OCC. The van der Waals surface area contributed by atoms with E-state index in [-0.39, 0.29) is 17.4 Å². The Morgan fingerprint density at radius 1 is 1.04 bits per heavy atom. The van der Waals surface area contributed by atoms with Crippen LogP contribution in [-0.4, -0.2) is 48.2 Å². The number of amides is 1. The molecule has 2 aliphatic rings. The molecule has 3 aromatic carbocycles. The lowest BCUT2D eigenvalue weighted by atomic mass is 9.94. The topological polar surface area (TPSA) is 107 Å². The molecule has 1 amide bonds. The maximum absolute atomic E-state index is 13.8. The number of unbranched alkanes of at least 4 members (excludes halogenated alkanes) is 2. The van der Waals surface area contributed by atoms with Gasteiger partial charge in [-0.15, -0.1) is 0 Å². The van der Waals surface area contributed by atoms with E-state index >= 15 is 0 Å². The molecule has 1 fully saturated rings. The van der Waals surface area contributed by atoms with Crippen LogP contribution in [0.5, 0.6) is 23.0 Å². The van der Waals surface area contributed by atoms with E-state index in [9.17, 15) is 14.7 Å². The first-order valence-electron chi connectivity index (χ1n) is 15.3. The van der Waals surface area contributed by atoms with Crippen molar-refractivity contribution < 1.29 is 33.6 Å². The second-order valence-electron chi connectivity index (χ2n) is 11.1. The molecule has 1 N–H and O–H groups in total. The molecule has 4 aromatic rings. The molecule has 1 aromatic heterocycles. The number of ketones is 1. The van der Waals surface area contributed by atoms with E-state index in [0.29, 0.717) is 58.7 Å². The number of ether oxygens (including phenoxy) is 4. The molecule has 0 unspecified atom stereocenters. The van der Waals surface area contributed by atoms with Crippen molar-refractivity contribution in [2.24, 2.45) is 0 Å². The number of Topliss-reactive ketones (excluding diaryl/α,β-unsaturated/α-hetero) is 1. The zero-order valence-corrected chi connectivity index (χ0v) is 26.6. The number of thiazole rings is 1. The van der Waals surface area contributed by atoms with Crippen LogP contribution < -0.4 is 23.8 Å². The Hall–Kier alpha value is -4.57. The molecular formula is C35H36N2O7S. The van der Waals surface area contributed by atoms with Crippen molar-refractivity contribution in [1.82, 2.24) is 4.98 Å². The lowest BCUT2D eigenvalue weighted by Gasteiger charge is -2.24. The second kappa shape index (κ2) is 12.8. The Morgan fingerprint density at radius 3 is 2.67 bits per heavy atom. The molecule has 0 bridgehead atoms. The summed E-state index contributed by atoms with van der Waals surface area (Å²) in [7, 11) is 1.58. The second-order valence-corrected chi connectivity index (χ2v) is 12.2. The number of aliphatic hydroxyl groups is 1. The van der Waals surface area contributed by atoms with E-state index in [0.717, 1.165) is 35.3 Å². The number of carbonyl (C=O) groups excluding carboxylic acids is 2. The average Bonchev–Trinajstić information content (AvgIpc) is 3.71. The molecule has 2 aliphatic heterocycles. The van der Waals surface area contributed by atoms with Gasteiger partial charge in [-0.05, 0) is 79.9 Å². The molecule has 3 heterocycles. The minimum absolute atomic E-state index is 0.0142. The number of fused-ring (bicyclic) bond motifs is 2. The molecule has 0 aliphatic carbocycles. The quantitative estimate of drug-likeness (QED) is 0.0803. The Morgan fingerprint density at radius 2 is 1.89 bits per heavy atom. The van der Waals surface area contributed by atoms with E-state index in [1.54, 1.807) is 37.4 Å². The summed E-state index contributed by atoms with van der Waals surface area (Å²) in [5.41, 5.74) is 2.58. The maximum Gasteiger partial charge on any atom is 0.301 e. The van der Waals surface area contributed by atoms with Gasteiger partial charge in [-0.3, -0.25) is 14.5 Å². The third-order valence-electron chi connectivity index (χ3n) is 7.99. The summed E-state index contributed by atoms with van der Waals surface area (Å²) in [6, 6.07) is 15.2. The summed E-state index contributed by atoms with van der Waals surface area (Å²) in [5.74, 6) is 0.645. The van der Waals surface area contributed by atoms with Gasteiger partial charge in [0.1, 0.15) is 23.4 Å². The number of rotatable bonds is 11. The van der Waals surface area contributed by atoms with Gasteiger partial charge in [0.05, 0.1) is 42.2 Å². The molecule has 6 rings (SSSR count). The number of hydrogen-bond acceptors (Lipinski definition) is 9. The van der Waals surface area contributed by atoms with E-state index in [4.69, 9.17) is 23.9 Å². The van der Waals surface area contributed by atoms with Crippen molar-refractivity contribution in [3.05, 3.63) is 76.9 Å². The van der Waals surface area contributed by atoms with Gasteiger partial charge < -0.3 is 24.1 Å². The fourth-order valence-electron chi connectivity index (χ4n) is 5.81. The van der Waals surface area contributed by atoms with Crippen LogP contribution in [0.25, 0.3) is 16.0 Å². The van der Waals surface area contributed by atoms with Crippen LogP contribution in [-0.2, 0) is 16.0 Å². The lowest BCUT2D eigenvalue weighted by molar-refractivity contribution is -0.132. The van der Waals surface area contributed by atoms with Crippen molar-refractivity contribution in [2.45, 2.75) is 58.6 Å². The van der Waals surface area contributed by atoms with Crippen molar-refractivity contribution in [1.29, 1.82) is 0 Å². The molecule has 0 spiro atoms. The first-order valence-corrected chi connectivity index (χ1v) is 16.1. The van der Waals surface area contributed by atoms with Gasteiger partial charge in [-0.25, -0.2) is 4.98 Å². The third-order valence-corrected chi connectivity index (χ3v) is 9.01. The van der Waals surface area contributed by atoms with Crippen LogP contribution in [0.1, 0.15) is 62.8 Å². The average molecular weight is 629 g/mol. The number of benzene rings is 3. The van der Waals surface area contributed by atoms with Crippen LogP contribution in [0.15, 0.2) is 60.2 Å². The highest BCUT2D eigenvalue weighted by atomic mass is 32.1. The number of hydrogen-bond donors (Lipinski definition) is 1. The van der Waals surface area contributed by atoms with Gasteiger partial charge in [0, 0.05) is 12.0 Å². The largest absolute Gasteiger partial charge is 0.507 e. The van der Waals surface area contributed by atoms with Gasteiger partial charge in [0.2, 0.25) is 0 Å². The van der Waals surface area contributed by atoms with Crippen LogP contribution in [0.2, 0.25) is 0 Å². The van der Waals surface area contributed by atoms with Gasteiger partial charge >= 0.3 is 5.91 Å². The monoisotopic (exact) mass is 628 g/mol. The number of methoxy groups -OCH3 is 1. The predicted molar refractivity (Wildman–Crippen MR) is 174 cm³/mol. The zero-order chi connectivity index (χ0) is 31.7. The summed E-state index contributed by atoms with van der Waals surface area (Å²) in [6.45, 7) is 6.93. The molecule has 10 heteroatoms. The molecule has 2 atom stereocenters. The van der Waals surface area contributed by atoms with Crippen molar-refractivity contribution in [3.63, 3.8) is 0 Å². The Balaban J connectivity index is 1.49. The van der Waals surface area contributed by atoms with Crippen LogP contribution >= 0.6 is 11.3 Å². The Kier molecular flexibility index (Phi) is 8.67. The summed E-state index contributed by atoms with van der Waals surface area (Å²) in [6.07, 6.45) is 3.74. The molecule has 0 saturated carbocycles. The maximum atomic E-state index is 13.8. The number of aliphatic hydroxyl groups excluding tert-OH is 1. The molecule has 9 nitrogen and oxygen atoms in total. The highest BCUT2D eigenvalue weighted by Crippen LogP contribution is 2.46. The summed E-state index contributed by atoms with van der Waals surface area (Å²) < 4.78 is 24.0. The predicted octanol–water partition coefficient (Wildman–Crippen LogP) is 7.22. The fourth-order valence-corrected chi connectivity index (χ4v) is 6.83. The molecule has 45 heavy (non-hydrogen) atoms. The fraction of sp³-hybridized carbons (Fsp3) is 0.343. The summed E-state index contributed by atoms with van der Waals surface area (Å²) >= 11 is 1.27. The summed E-state index contributed by atoms with van der Waals surface area (Å²) in [4.78, 5) is 33.8. The minimum atomic E-state index is -0.968. The summed E-state index contributed by atoms with van der Waals surface area (Å²) in [5, 5.41) is 12.1. The standard InChI is InChI=1S/C35H36N2O7S/c1-5-7-8-15-43-27-14-9-21(18-28(27)42-6-2)31-30(32(38)22-10-13-26-23(17-22)16-20(3)44-26)33(39)34(40)37(31)35-36-25-12-11-24(41-4)19-29(25)45-35/h9-14,17-20,31,38H,5-8,15-16H2,1-4H3/b32-30+/t20-,31-/m0/s1.